The van der Waals surface area contributed by atoms with E-state index in [2.05, 4.69) is 60.5 Å². The van der Waals surface area contributed by atoms with E-state index in [4.69, 9.17) is 0 Å². The summed E-state index contributed by atoms with van der Waals surface area (Å²) in [5.74, 6) is 1.14. The largest absolute Gasteiger partial charge is 0.329 e. The zero-order chi connectivity index (χ0) is 14.0. The molecule has 0 radical (unpaired) electrons. The predicted molar refractivity (Wildman–Crippen MR) is 80.0 cm³/mol. The van der Waals surface area contributed by atoms with Crippen LogP contribution < -0.4 is 10.2 Å². The summed E-state index contributed by atoms with van der Waals surface area (Å²) in [5.41, 5.74) is 4.80. The smallest absolute Gasteiger partial charge is 0.135 e. The van der Waals surface area contributed by atoms with Gasteiger partial charge in [0.2, 0.25) is 0 Å². The lowest BCUT2D eigenvalue weighted by atomic mass is 10.1. The number of benzene rings is 1. The standard InChI is InChI=1S/C15H22N4/c1-11-8-6-7-9-14(11)18(4)15-13(10-16-3)12(2)17-19(15)5/h6-9,16H,10H2,1-5H3. The second kappa shape index (κ2) is 5.45. The lowest BCUT2D eigenvalue weighted by Crippen LogP contribution is -2.18. The fraction of sp³-hybridized carbons (Fsp3) is 0.400. The minimum Gasteiger partial charge on any atom is -0.329 e. The number of anilines is 2. The summed E-state index contributed by atoms with van der Waals surface area (Å²) in [6.07, 6.45) is 0. The van der Waals surface area contributed by atoms with Crippen LogP contribution in [0.5, 0.6) is 0 Å². The second-order valence-corrected chi connectivity index (χ2v) is 4.89. The molecule has 4 heteroatoms. The summed E-state index contributed by atoms with van der Waals surface area (Å²) in [6, 6.07) is 8.41. The molecule has 102 valence electrons. The van der Waals surface area contributed by atoms with E-state index in [9.17, 15) is 0 Å². The molecule has 0 bridgehead atoms. The predicted octanol–water partition coefficient (Wildman–Crippen LogP) is 2.52. The van der Waals surface area contributed by atoms with Crippen LogP contribution in [0.4, 0.5) is 11.5 Å². The number of rotatable bonds is 4. The van der Waals surface area contributed by atoms with Gasteiger partial charge in [-0.1, -0.05) is 18.2 Å². The number of nitrogens with one attached hydrogen (secondary N) is 1. The molecule has 1 aromatic carbocycles. The van der Waals surface area contributed by atoms with Crippen LogP contribution in [0.1, 0.15) is 16.8 Å². The third-order valence-electron chi connectivity index (χ3n) is 3.46. The molecular weight excluding hydrogens is 236 g/mol. The van der Waals surface area contributed by atoms with Crippen LogP contribution in [0.15, 0.2) is 24.3 Å². The van der Waals surface area contributed by atoms with Gasteiger partial charge in [-0.3, -0.25) is 4.68 Å². The van der Waals surface area contributed by atoms with Crippen molar-refractivity contribution in [3.05, 3.63) is 41.1 Å². The van der Waals surface area contributed by atoms with Crippen LogP contribution in [0.25, 0.3) is 0 Å². The van der Waals surface area contributed by atoms with Crippen molar-refractivity contribution in [3.63, 3.8) is 0 Å². The number of para-hydroxylation sites is 1. The maximum absolute atomic E-state index is 4.54. The SMILES string of the molecule is CNCc1c(C)nn(C)c1N(C)c1ccccc1C. The Morgan fingerprint density at radius 1 is 1.26 bits per heavy atom. The number of nitrogens with zero attached hydrogens (tertiary/aromatic N) is 3. The van der Waals surface area contributed by atoms with E-state index in [-0.39, 0.29) is 0 Å². The van der Waals surface area contributed by atoms with Gasteiger partial charge in [0, 0.05) is 31.9 Å². The van der Waals surface area contributed by atoms with Crippen molar-refractivity contribution in [3.8, 4) is 0 Å². The topological polar surface area (TPSA) is 33.1 Å². The van der Waals surface area contributed by atoms with Crippen molar-refractivity contribution >= 4 is 11.5 Å². The van der Waals surface area contributed by atoms with Gasteiger partial charge in [-0.05, 0) is 32.5 Å². The highest BCUT2D eigenvalue weighted by Crippen LogP contribution is 2.30. The number of aryl methyl sites for hydroxylation is 3. The molecule has 0 fully saturated rings. The van der Waals surface area contributed by atoms with Gasteiger partial charge in [0.15, 0.2) is 0 Å². The highest BCUT2D eigenvalue weighted by molar-refractivity contribution is 5.66. The molecule has 0 spiro atoms. The van der Waals surface area contributed by atoms with Crippen LogP contribution in [-0.4, -0.2) is 23.9 Å². The minimum absolute atomic E-state index is 0.825. The fourth-order valence-electron chi connectivity index (χ4n) is 2.55. The third kappa shape index (κ3) is 2.49. The Morgan fingerprint density at radius 3 is 2.58 bits per heavy atom. The van der Waals surface area contributed by atoms with Gasteiger partial charge in [0.25, 0.3) is 0 Å². The molecule has 1 aromatic heterocycles. The number of hydrogen-bond donors (Lipinski definition) is 1. The first-order chi connectivity index (χ1) is 9.06. The van der Waals surface area contributed by atoms with E-state index in [0.29, 0.717) is 0 Å². The Labute approximate surface area is 115 Å². The average molecular weight is 258 g/mol. The van der Waals surface area contributed by atoms with Gasteiger partial charge in [-0.2, -0.15) is 5.10 Å². The minimum atomic E-state index is 0.825. The normalized spacial score (nSPS) is 10.8. The molecule has 0 amide bonds. The molecule has 0 aliphatic heterocycles. The summed E-state index contributed by atoms with van der Waals surface area (Å²) < 4.78 is 1.95. The first kappa shape index (κ1) is 13.6. The molecule has 0 saturated heterocycles. The van der Waals surface area contributed by atoms with Crippen LogP contribution >= 0.6 is 0 Å². The lowest BCUT2D eigenvalue weighted by molar-refractivity contribution is 0.749. The molecule has 4 nitrogen and oxygen atoms in total. The van der Waals surface area contributed by atoms with E-state index >= 15 is 0 Å². The van der Waals surface area contributed by atoms with Gasteiger partial charge < -0.3 is 10.2 Å². The Bertz CT molecular complexity index is 572. The monoisotopic (exact) mass is 258 g/mol. The summed E-state index contributed by atoms with van der Waals surface area (Å²) >= 11 is 0. The van der Waals surface area contributed by atoms with Crippen molar-refractivity contribution in [2.75, 3.05) is 19.0 Å². The van der Waals surface area contributed by atoms with Gasteiger partial charge in [0.05, 0.1) is 5.69 Å². The van der Waals surface area contributed by atoms with Crippen LogP contribution in [-0.2, 0) is 13.6 Å². The van der Waals surface area contributed by atoms with Crippen LogP contribution in [0, 0.1) is 13.8 Å². The first-order valence-electron chi connectivity index (χ1n) is 6.52. The Morgan fingerprint density at radius 2 is 1.95 bits per heavy atom. The van der Waals surface area contributed by atoms with Crippen LogP contribution in [0.2, 0.25) is 0 Å². The first-order valence-corrected chi connectivity index (χ1v) is 6.52. The summed E-state index contributed by atoms with van der Waals surface area (Å²) in [4.78, 5) is 2.21. The second-order valence-electron chi connectivity index (χ2n) is 4.89. The maximum Gasteiger partial charge on any atom is 0.135 e. The molecule has 1 N–H and O–H groups in total. The Kier molecular flexibility index (Phi) is 3.90. The van der Waals surface area contributed by atoms with E-state index in [1.54, 1.807) is 0 Å². The molecule has 19 heavy (non-hydrogen) atoms. The summed E-state index contributed by atoms with van der Waals surface area (Å²) in [6.45, 7) is 5.01. The highest BCUT2D eigenvalue weighted by Gasteiger charge is 2.18. The van der Waals surface area contributed by atoms with Gasteiger partial charge in [-0.25, -0.2) is 0 Å². The molecule has 0 aliphatic carbocycles. The number of hydrogen-bond acceptors (Lipinski definition) is 3. The summed E-state index contributed by atoms with van der Waals surface area (Å²) in [5, 5.41) is 7.76. The van der Waals surface area contributed by atoms with Crippen molar-refractivity contribution in [2.45, 2.75) is 20.4 Å². The molecule has 0 unspecified atom stereocenters. The van der Waals surface area contributed by atoms with Gasteiger partial charge in [-0.15, -0.1) is 0 Å². The Balaban J connectivity index is 2.49. The quantitative estimate of drug-likeness (QED) is 0.915. The average Bonchev–Trinajstić information content (AvgIpc) is 2.65. The zero-order valence-electron chi connectivity index (χ0n) is 12.4. The fourth-order valence-corrected chi connectivity index (χ4v) is 2.55. The lowest BCUT2D eigenvalue weighted by Gasteiger charge is -2.23. The molecule has 1 heterocycles. The van der Waals surface area contributed by atoms with Crippen molar-refractivity contribution in [2.24, 2.45) is 7.05 Å². The van der Waals surface area contributed by atoms with E-state index < -0.39 is 0 Å². The molecule has 0 aliphatic rings. The maximum atomic E-state index is 4.54. The van der Waals surface area contributed by atoms with Gasteiger partial charge in [0.1, 0.15) is 5.82 Å². The molecular formula is C15H22N4. The molecule has 0 saturated carbocycles. The molecule has 0 atom stereocenters. The van der Waals surface area contributed by atoms with Crippen molar-refractivity contribution in [1.82, 2.24) is 15.1 Å². The van der Waals surface area contributed by atoms with E-state index in [1.807, 2.05) is 18.8 Å². The van der Waals surface area contributed by atoms with Gasteiger partial charge >= 0.3 is 0 Å². The highest BCUT2D eigenvalue weighted by atomic mass is 15.4. The molecule has 2 rings (SSSR count). The van der Waals surface area contributed by atoms with Crippen molar-refractivity contribution < 1.29 is 0 Å². The van der Waals surface area contributed by atoms with Crippen molar-refractivity contribution in [1.29, 1.82) is 0 Å². The third-order valence-corrected chi connectivity index (χ3v) is 3.46. The van der Waals surface area contributed by atoms with E-state index in [0.717, 1.165) is 18.1 Å². The number of aromatic nitrogens is 2. The summed E-state index contributed by atoms with van der Waals surface area (Å²) in [7, 11) is 6.05. The zero-order valence-corrected chi connectivity index (χ0v) is 12.4. The molecule has 2 aromatic rings. The van der Waals surface area contributed by atoms with E-state index in [1.165, 1.54) is 16.8 Å². The Hall–Kier alpha value is -1.81. The van der Waals surface area contributed by atoms with Crippen LogP contribution in [0.3, 0.4) is 0 Å².